The Hall–Kier alpha value is -4.97. The fourth-order valence-corrected chi connectivity index (χ4v) is 5.36. The Morgan fingerprint density at radius 3 is 2.05 bits per heavy atom. The van der Waals surface area contributed by atoms with Crippen LogP contribution in [0.5, 0.6) is 0 Å². The zero-order chi connectivity index (χ0) is 27.9. The van der Waals surface area contributed by atoms with Gasteiger partial charge in [-0.05, 0) is 59.7 Å². The Morgan fingerprint density at radius 2 is 1.45 bits per heavy atom. The van der Waals surface area contributed by atoms with Crippen LogP contribution in [0.1, 0.15) is 50.8 Å². The molecule has 0 aliphatic heterocycles. The van der Waals surface area contributed by atoms with Gasteiger partial charge < -0.3 is 9.30 Å². The maximum Gasteiger partial charge on any atom is 0.337 e. The molecule has 6 nitrogen and oxygen atoms in total. The molecule has 0 N–H and O–H groups in total. The second-order valence-electron chi connectivity index (χ2n) is 9.62. The number of ether oxygens (including phenoxy) is 1. The zero-order valence-corrected chi connectivity index (χ0v) is 22.3. The van der Waals surface area contributed by atoms with Crippen molar-refractivity contribution in [1.29, 1.82) is 0 Å². The van der Waals surface area contributed by atoms with Gasteiger partial charge in [0, 0.05) is 17.0 Å². The molecule has 0 aliphatic rings. The van der Waals surface area contributed by atoms with Crippen molar-refractivity contribution < 1.29 is 14.5 Å². The van der Waals surface area contributed by atoms with Crippen LogP contribution in [0, 0.1) is 10.1 Å². The predicted octanol–water partition coefficient (Wildman–Crippen LogP) is 7.49. The first-order valence-electron chi connectivity index (χ1n) is 13.3. The van der Waals surface area contributed by atoms with E-state index in [0.717, 1.165) is 64.3 Å². The first-order valence-corrected chi connectivity index (χ1v) is 13.3. The molecule has 0 saturated heterocycles. The van der Waals surface area contributed by atoms with E-state index in [1.54, 1.807) is 18.2 Å². The Kier molecular flexibility index (Phi) is 8.16. The van der Waals surface area contributed by atoms with Crippen LogP contribution in [-0.4, -0.2) is 22.6 Å². The van der Waals surface area contributed by atoms with E-state index < -0.39 is 4.92 Å². The van der Waals surface area contributed by atoms with Gasteiger partial charge in [0.05, 0.1) is 29.3 Å². The third-order valence-corrected chi connectivity index (χ3v) is 7.17. The molecule has 5 aromatic rings. The number of aromatic nitrogens is 1. The Bertz CT molecular complexity index is 1600. The molecule has 0 aliphatic carbocycles. The van der Waals surface area contributed by atoms with Gasteiger partial charge in [-0.3, -0.25) is 10.1 Å². The summed E-state index contributed by atoms with van der Waals surface area (Å²) in [5, 5.41) is 12.6. The molecule has 5 rings (SSSR count). The average Bonchev–Trinajstić information content (AvgIpc) is 3.30. The molecule has 1 aromatic heterocycles. The topological polar surface area (TPSA) is 74.4 Å². The lowest BCUT2D eigenvalue weighted by Crippen LogP contribution is -2.14. The highest BCUT2D eigenvalue weighted by molar-refractivity contribution is 5.89. The van der Waals surface area contributed by atoms with Gasteiger partial charge in [-0.15, -0.1) is 0 Å². The number of hydrogen-bond acceptors (Lipinski definition) is 4. The number of carbonyl (C=O) groups is 1. The van der Waals surface area contributed by atoms with E-state index in [9.17, 15) is 14.9 Å². The van der Waals surface area contributed by atoms with E-state index in [2.05, 4.69) is 41.0 Å². The molecule has 0 atom stereocenters. The van der Waals surface area contributed by atoms with E-state index in [0.29, 0.717) is 5.56 Å². The number of benzene rings is 4. The summed E-state index contributed by atoms with van der Waals surface area (Å²) in [7, 11) is 1.37. The molecule has 0 spiro atoms. The van der Waals surface area contributed by atoms with E-state index >= 15 is 0 Å². The van der Waals surface area contributed by atoms with Crippen molar-refractivity contribution >= 4 is 22.9 Å². The molecule has 0 unspecified atom stereocenters. The van der Waals surface area contributed by atoms with Gasteiger partial charge >= 0.3 is 5.97 Å². The molecule has 0 fully saturated rings. The van der Waals surface area contributed by atoms with E-state index in [-0.39, 0.29) is 12.0 Å². The van der Waals surface area contributed by atoms with Crippen LogP contribution in [0.25, 0.3) is 17.0 Å². The van der Waals surface area contributed by atoms with Crippen molar-refractivity contribution in [1.82, 2.24) is 4.57 Å². The number of para-hydroxylation sites is 1. The highest BCUT2D eigenvalue weighted by Gasteiger charge is 2.24. The molecular weight excluding hydrogens is 500 g/mol. The Morgan fingerprint density at radius 1 is 0.850 bits per heavy atom. The molecular formula is C34H30N2O4. The summed E-state index contributed by atoms with van der Waals surface area (Å²) in [6, 6.07) is 36.0. The van der Waals surface area contributed by atoms with E-state index in [1.165, 1.54) is 7.11 Å². The molecule has 0 radical (unpaired) electrons. The fraction of sp³-hybridized carbons (Fsp3) is 0.147. The summed E-state index contributed by atoms with van der Waals surface area (Å²) >= 11 is 0. The molecule has 4 aromatic carbocycles. The van der Waals surface area contributed by atoms with Crippen molar-refractivity contribution in [2.75, 3.05) is 7.11 Å². The van der Waals surface area contributed by atoms with Crippen molar-refractivity contribution in [2.45, 2.75) is 25.3 Å². The summed E-state index contributed by atoms with van der Waals surface area (Å²) in [5.41, 5.74) is 6.78. The summed E-state index contributed by atoms with van der Waals surface area (Å²) < 4.78 is 7.04. The van der Waals surface area contributed by atoms with Crippen molar-refractivity contribution in [3.05, 3.63) is 159 Å². The SMILES string of the molecule is COC(=O)c1ccc(CCCc2c(C=C[N+](=O)[O-])n(C(c3ccccc3)c3ccccc3)c3ccccc23)cc1. The maximum atomic E-state index is 11.8. The van der Waals surface area contributed by atoms with Crippen LogP contribution in [0.3, 0.4) is 0 Å². The largest absolute Gasteiger partial charge is 0.465 e. The minimum atomic E-state index is -0.408. The second-order valence-corrected chi connectivity index (χ2v) is 9.62. The van der Waals surface area contributed by atoms with Crippen LogP contribution in [0.15, 0.2) is 115 Å². The summed E-state index contributed by atoms with van der Waals surface area (Å²) in [4.78, 5) is 22.9. The predicted molar refractivity (Wildman–Crippen MR) is 158 cm³/mol. The summed E-state index contributed by atoms with van der Waals surface area (Å²) in [5.74, 6) is -0.354. The molecule has 200 valence electrons. The smallest absolute Gasteiger partial charge is 0.337 e. The summed E-state index contributed by atoms with van der Waals surface area (Å²) in [6.45, 7) is 0. The van der Waals surface area contributed by atoms with Crippen LogP contribution in [-0.2, 0) is 17.6 Å². The third kappa shape index (κ3) is 5.71. The number of methoxy groups -OCH3 is 1. The third-order valence-electron chi connectivity index (χ3n) is 7.17. The fourth-order valence-electron chi connectivity index (χ4n) is 5.36. The molecule has 0 saturated carbocycles. The number of nitrogens with zero attached hydrogens (tertiary/aromatic N) is 2. The van der Waals surface area contributed by atoms with Crippen molar-refractivity contribution in [3.63, 3.8) is 0 Å². The van der Waals surface area contributed by atoms with E-state index in [1.807, 2.05) is 60.7 Å². The number of esters is 1. The van der Waals surface area contributed by atoms with Gasteiger partial charge in [0.1, 0.15) is 0 Å². The van der Waals surface area contributed by atoms with Crippen LogP contribution >= 0.6 is 0 Å². The Labute approximate surface area is 233 Å². The van der Waals surface area contributed by atoms with Gasteiger partial charge in [0.15, 0.2) is 0 Å². The lowest BCUT2D eigenvalue weighted by atomic mass is 9.97. The Balaban J connectivity index is 1.59. The number of fused-ring (bicyclic) bond motifs is 1. The summed E-state index contributed by atoms with van der Waals surface area (Å²) in [6.07, 6.45) is 5.05. The van der Waals surface area contributed by atoms with Gasteiger partial charge in [0.2, 0.25) is 6.20 Å². The average molecular weight is 531 g/mol. The molecule has 40 heavy (non-hydrogen) atoms. The lowest BCUT2D eigenvalue weighted by molar-refractivity contribution is -0.401. The number of rotatable bonds is 10. The van der Waals surface area contributed by atoms with Crippen molar-refractivity contribution in [3.8, 4) is 0 Å². The van der Waals surface area contributed by atoms with Gasteiger partial charge in [-0.25, -0.2) is 4.79 Å². The quantitative estimate of drug-likeness (QED) is 0.107. The van der Waals surface area contributed by atoms with Gasteiger partial charge in [0.25, 0.3) is 0 Å². The standard InChI is InChI=1S/C34H30N2O4/c1-40-34(37)28-21-19-25(20-22-28)11-10-17-30-29-16-8-9-18-31(29)36(32(30)23-24-35(38)39)33(26-12-4-2-5-13-26)27-14-6-3-7-15-27/h2-9,12-16,18-24,33H,10-11,17H2,1H3. The minimum Gasteiger partial charge on any atom is -0.465 e. The van der Waals surface area contributed by atoms with Crippen molar-refractivity contribution in [2.24, 2.45) is 0 Å². The normalized spacial score (nSPS) is 11.3. The second kappa shape index (κ2) is 12.3. The molecule has 1 heterocycles. The number of aryl methyl sites for hydroxylation is 2. The van der Waals surface area contributed by atoms with Crippen LogP contribution in [0.2, 0.25) is 0 Å². The lowest BCUT2D eigenvalue weighted by Gasteiger charge is -2.23. The number of carbonyl (C=O) groups excluding carboxylic acids is 1. The number of nitro groups is 1. The minimum absolute atomic E-state index is 0.168. The highest BCUT2D eigenvalue weighted by Crippen LogP contribution is 2.37. The van der Waals surface area contributed by atoms with Gasteiger partial charge in [-0.1, -0.05) is 91.0 Å². The maximum absolute atomic E-state index is 11.8. The molecule has 0 amide bonds. The molecule has 0 bridgehead atoms. The van der Waals surface area contributed by atoms with Gasteiger partial charge in [-0.2, -0.15) is 0 Å². The first-order chi connectivity index (χ1) is 19.6. The highest BCUT2D eigenvalue weighted by atomic mass is 16.6. The van der Waals surface area contributed by atoms with Crippen LogP contribution in [0.4, 0.5) is 0 Å². The first kappa shape index (κ1) is 26.6. The monoisotopic (exact) mass is 530 g/mol. The number of hydrogen-bond donors (Lipinski definition) is 0. The van der Waals surface area contributed by atoms with Crippen LogP contribution < -0.4 is 0 Å². The molecule has 6 heteroatoms. The zero-order valence-electron chi connectivity index (χ0n) is 22.3. The van der Waals surface area contributed by atoms with E-state index in [4.69, 9.17) is 4.74 Å².